The van der Waals surface area contributed by atoms with Gasteiger partial charge >= 0.3 is 0 Å². The van der Waals surface area contributed by atoms with Crippen molar-refractivity contribution in [3.63, 3.8) is 0 Å². The topological polar surface area (TPSA) is 98.5 Å². The summed E-state index contributed by atoms with van der Waals surface area (Å²) in [4.78, 5) is 16.6. The lowest BCUT2D eigenvalue weighted by Crippen LogP contribution is -2.36. The van der Waals surface area contributed by atoms with Crippen LogP contribution < -0.4 is 5.73 Å². The number of rotatable bonds is 4. The predicted octanol–water partition coefficient (Wildman–Crippen LogP) is 0.00950. The fourth-order valence-corrected chi connectivity index (χ4v) is 2.90. The minimum atomic E-state index is -0.0819. The molecule has 2 heterocycles. The Bertz CT molecular complexity index is 511. The maximum atomic E-state index is 12.6. The number of aliphatic hydroxyl groups is 1. The van der Waals surface area contributed by atoms with Crippen molar-refractivity contribution in [2.75, 3.05) is 45.1 Å². The molecule has 1 aromatic rings. The molecule has 1 aromatic heterocycles. The first-order chi connectivity index (χ1) is 10.2. The Balaban J connectivity index is 1.67. The zero-order chi connectivity index (χ0) is 14.8. The predicted molar refractivity (Wildman–Crippen MR) is 79.0 cm³/mol. The summed E-state index contributed by atoms with van der Waals surface area (Å²) < 4.78 is 0. The first kappa shape index (κ1) is 14.3. The number of aromatic amines is 1. The molecular weight excluding hydrogens is 270 g/mol. The van der Waals surface area contributed by atoms with Gasteiger partial charge in [-0.15, -0.1) is 0 Å². The van der Waals surface area contributed by atoms with E-state index in [1.165, 1.54) is 0 Å². The number of nitrogens with two attached hydrogens (primary N) is 1. The van der Waals surface area contributed by atoms with Crippen LogP contribution in [-0.4, -0.2) is 70.3 Å². The molecule has 0 aromatic carbocycles. The molecule has 1 saturated heterocycles. The lowest BCUT2D eigenvalue weighted by Gasteiger charge is -2.20. The van der Waals surface area contributed by atoms with Crippen LogP contribution in [0.25, 0.3) is 0 Å². The van der Waals surface area contributed by atoms with Crippen molar-refractivity contribution in [2.24, 2.45) is 0 Å². The van der Waals surface area contributed by atoms with E-state index >= 15 is 0 Å². The van der Waals surface area contributed by atoms with Crippen LogP contribution in [0.4, 0.5) is 5.69 Å². The number of hydrogen-bond donors (Lipinski definition) is 3. The van der Waals surface area contributed by atoms with Crippen LogP contribution in [0, 0.1) is 0 Å². The van der Waals surface area contributed by atoms with Gasteiger partial charge in [0.15, 0.2) is 5.69 Å². The monoisotopic (exact) mass is 293 g/mol. The van der Waals surface area contributed by atoms with Crippen LogP contribution in [0.15, 0.2) is 0 Å². The smallest absolute Gasteiger partial charge is 0.276 e. The highest BCUT2D eigenvalue weighted by molar-refractivity contribution is 5.97. The van der Waals surface area contributed by atoms with E-state index in [4.69, 9.17) is 10.8 Å². The van der Waals surface area contributed by atoms with E-state index in [2.05, 4.69) is 15.1 Å². The third-order valence-electron chi connectivity index (χ3n) is 4.31. The maximum Gasteiger partial charge on any atom is 0.276 e. The lowest BCUT2D eigenvalue weighted by molar-refractivity contribution is 0.0755. The number of hydrogen-bond acceptors (Lipinski definition) is 5. The molecule has 0 radical (unpaired) electrons. The van der Waals surface area contributed by atoms with Gasteiger partial charge in [-0.3, -0.25) is 14.8 Å². The van der Waals surface area contributed by atoms with Crippen molar-refractivity contribution in [3.8, 4) is 0 Å². The van der Waals surface area contributed by atoms with Gasteiger partial charge in [0.1, 0.15) is 0 Å². The van der Waals surface area contributed by atoms with Crippen molar-refractivity contribution >= 4 is 11.6 Å². The van der Waals surface area contributed by atoms with Crippen LogP contribution >= 0.6 is 0 Å². The number of aromatic nitrogens is 2. The second-order valence-corrected chi connectivity index (χ2v) is 5.88. The van der Waals surface area contributed by atoms with Crippen LogP contribution in [-0.2, 0) is 0 Å². The van der Waals surface area contributed by atoms with E-state index in [0.29, 0.717) is 36.9 Å². The molecule has 0 unspecified atom stereocenters. The number of amides is 1. The fourth-order valence-electron chi connectivity index (χ4n) is 2.90. The second kappa shape index (κ2) is 6.03. The van der Waals surface area contributed by atoms with E-state index in [1.54, 1.807) is 0 Å². The van der Waals surface area contributed by atoms with Crippen LogP contribution in [0.3, 0.4) is 0 Å². The van der Waals surface area contributed by atoms with Gasteiger partial charge in [-0.25, -0.2) is 0 Å². The van der Waals surface area contributed by atoms with Gasteiger partial charge in [0.05, 0.1) is 18.0 Å². The Morgan fingerprint density at radius 2 is 2.14 bits per heavy atom. The van der Waals surface area contributed by atoms with Crippen molar-refractivity contribution < 1.29 is 9.90 Å². The van der Waals surface area contributed by atoms with E-state index in [9.17, 15) is 4.79 Å². The SMILES string of the molecule is Nc1c(C(=O)N2CCCN(CCO)CC2)n[nH]c1C1CC1. The summed E-state index contributed by atoms with van der Waals surface area (Å²) >= 11 is 0. The molecule has 0 atom stereocenters. The lowest BCUT2D eigenvalue weighted by atomic mass is 10.2. The largest absolute Gasteiger partial charge is 0.395 e. The zero-order valence-electron chi connectivity index (χ0n) is 12.2. The molecular formula is C14H23N5O2. The summed E-state index contributed by atoms with van der Waals surface area (Å²) in [7, 11) is 0. The molecule has 1 saturated carbocycles. The summed E-state index contributed by atoms with van der Waals surface area (Å²) in [6.07, 6.45) is 3.16. The molecule has 1 amide bonds. The molecule has 3 rings (SSSR count). The molecule has 7 heteroatoms. The number of carbonyl (C=O) groups excluding carboxylic acids is 1. The minimum Gasteiger partial charge on any atom is -0.395 e. The summed E-state index contributed by atoms with van der Waals surface area (Å²) in [6, 6.07) is 0. The van der Waals surface area contributed by atoms with Crippen molar-refractivity contribution in [2.45, 2.75) is 25.2 Å². The Kier molecular flexibility index (Phi) is 4.12. The number of nitrogens with one attached hydrogen (secondary N) is 1. The van der Waals surface area contributed by atoms with E-state index in [0.717, 1.165) is 38.0 Å². The molecule has 2 aliphatic rings. The Morgan fingerprint density at radius 3 is 2.86 bits per heavy atom. The van der Waals surface area contributed by atoms with Gasteiger partial charge in [0.2, 0.25) is 0 Å². The standard InChI is InChI=1S/C14H23N5O2/c15-11-12(10-2-3-10)16-17-13(11)14(21)19-5-1-4-18(6-7-19)8-9-20/h10,20H,1-9,15H2,(H,16,17). The third-order valence-corrected chi connectivity index (χ3v) is 4.31. The third kappa shape index (κ3) is 3.03. The minimum absolute atomic E-state index is 0.0819. The van der Waals surface area contributed by atoms with Crippen molar-refractivity contribution in [1.29, 1.82) is 0 Å². The molecule has 0 spiro atoms. The highest BCUT2D eigenvalue weighted by Gasteiger charge is 2.31. The van der Waals surface area contributed by atoms with E-state index in [1.807, 2.05) is 4.90 Å². The number of β-amino-alcohol motifs (C(OH)–C–C–N with tert-alkyl or cyclic N) is 1. The van der Waals surface area contributed by atoms with Crippen LogP contribution in [0.2, 0.25) is 0 Å². The first-order valence-electron chi connectivity index (χ1n) is 7.67. The van der Waals surface area contributed by atoms with Gasteiger partial charge in [-0.2, -0.15) is 5.10 Å². The summed E-state index contributed by atoms with van der Waals surface area (Å²) in [5, 5.41) is 16.1. The van der Waals surface area contributed by atoms with E-state index in [-0.39, 0.29) is 12.5 Å². The van der Waals surface area contributed by atoms with Crippen LogP contribution in [0.5, 0.6) is 0 Å². The highest BCUT2D eigenvalue weighted by Crippen LogP contribution is 2.42. The van der Waals surface area contributed by atoms with Gasteiger partial charge in [0, 0.05) is 32.1 Å². The molecule has 1 aliphatic carbocycles. The quantitative estimate of drug-likeness (QED) is 0.726. The van der Waals surface area contributed by atoms with Gasteiger partial charge in [0.25, 0.3) is 5.91 Å². The molecule has 116 valence electrons. The number of aliphatic hydroxyl groups excluding tert-OH is 1. The first-order valence-corrected chi connectivity index (χ1v) is 7.67. The Hall–Kier alpha value is -1.60. The number of anilines is 1. The summed E-state index contributed by atoms with van der Waals surface area (Å²) in [5.74, 6) is 0.379. The van der Waals surface area contributed by atoms with Crippen LogP contribution in [0.1, 0.15) is 41.4 Å². The van der Waals surface area contributed by atoms with E-state index < -0.39 is 0 Å². The summed E-state index contributed by atoms with van der Waals surface area (Å²) in [6.45, 7) is 3.89. The zero-order valence-corrected chi connectivity index (χ0v) is 12.2. The number of carbonyl (C=O) groups is 1. The average Bonchev–Trinajstić information content (AvgIpc) is 3.26. The summed E-state index contributed by atoms with van der Waals surface area (Å²) in [5.41, 5.74) is 7.90. The molecule has 4 N–H and O–H groups in total. The normalized spacial score (nSPS) is 20.5. The van der Waals surface area contributed by atoms with Gasteiger partial charge in [-0.05, 0) is 25.8 Å². The Morgan fingerprint density at radius 1 is 1.33 bits per heavy atom. The Labute approximate surface area is 124 Å². The molecule has 1 aliphatic heterocycles. The van der Waals surface area contributed by atoms with Gasteiger partial charge < -0.3 is 15.7 Å². The second-order valence-electron chi connectivity index (χ2n) is 5.88. The number of nitrogen functional groups attached to an aromatic ring is 1. The number of nitrogens with zero attached hydrogens (tertiary/aromatic N) is 3. The average molecular weight is 293 g/mol. The molecule has 7 nitrogen and oxygen atoms in total. The molecule has 21 heavy (non-hydrogen) atoms. The number of H-pyrrole nitrogens is 1. The van der Waals surface area contributed by atoms with Gasteiger partial charge in [-0.1, -0.05) is 0 Å². The molecule has 2 fully saturated rings. The molecule has 0 bridgehead atoms. The fraction of sp³-hybridized carbons (Fsp3) is 0.714. The maximum absolute atomic E-state index is 12.6. The highest BCUT2D eigenvalue weighted by atomic mass is 16.3. The van der Waals surface area contributed by atoms with Crippen molar-refractivity contribution in [1.82, 2.24) is 20.0 Å². The van der Waals surface area contributed by atoms with Crippen molar-refractivity contribution in [3.05, 3.63) is 11.4 Å².